The molecule has 5 nitrogen and oxygen atoms in total. The Morgan fingerprint density at radius 1 is 1.17 bits per heavy atom. The lowest BCUT2D eigenvalue weighted by Gasteiger charge is -2.20. The fraction of sp³-hybridized carbons (Fsp3) is 0.600. The second kappa shape index (κ2) is 7.63. The molecule has 1 rings (SSSR count). The number of Topliss-reactive ketones (excluding diaryl/α,β-unsaturated/α-hetero) is 4. The van der Waals surface area contributed by atoms with Crippen molar-refractivity contribution in [2.24, 2.45) is 11.8 Å². The Bertz CT molecular complexity index is 525. The average molecular weight is 334 g/mol. The molecule has 0 amide bonds. The van der Waals surface area contributed by atoms with Gasteiger partial charge in [-0.15, -0.1) is 0 Å². The lowest BCUT2D eigenvalue weighted by Crippen LogP contribution is -2.34. The average Bonchev–Trinajstić information content (AvgIpc) is 2.47. The Morgan fingerprint density at radius 3 is 2.09 bits per heavy atom. The molecule has 0 fully saturated rings. The summed E-state index contributed by atoms with van der Waals surface area (Å²) < 4.78 is 44.8. The van der Waals surface area contributed by atoms with Crippen molar-refractivity contribution in [1.29, 1.82) is 0 Å². The summed E-state index contributed by atoms with van der Waals surface area (Å²) in [4.78, 5) is 46.4. The van der Waals surface area contributed by atoms with Crippen LogP contribution < -0.4 is 0 Å². The second-order valence-electron chi connectivity index (χ2n) is 5.57. The number of halogens is 3. The normalized spacial score (nSPS) is 20.6. The zero-order valence-corrected chi connectivity index (χ0v) is 12.7. The molecule has 0 aromatic heterocycles. The van der Waals surface area contributed by atoms with E-state index in [-0.39, 0.29) is 0 Å². The van der Waals surface area contributed by atoms with Gasteiger partial charge in [0.2, 0.25) is 0 Å². The van der Waals surface area contributed by atoms with Crippen LogP contribution in [0, 0.1) is 11.8 Å². The predicted molar refractivity (Wildman–Crippen MR) is 72.5 cm³/mol. The molecule has 0 bridgehead atoms. The Labute approximate surface area is 130 Å². The van der Waals surface area contributed by atoms with Gasteiger partial charge in [0, 0.05) is 5.92 Å². The van der Waals surface area contributed by atoms with Crippen LogP contribution in [0.3, 0.4) is 0 Å². The number of ether oxygens (including phenoxy) is 1. The van der Waals surface area contributed by atoms with Crippen molar-refractivity contribution in [2.45, 2.75) is 32.6 Å². The van der Waals surface area contributed by atoms with Crippen molar-refractivity contribution in [3.63, 3.8) is 0 Å². The SMILES string of the molecule is CC(=O)CC(=O)C(C(=O)CC(C)=O)C1C=C(F)C(F)(F)COC1. The number of carbonyl (C=O) groups is 4. The summed E-state index contributed by atoms with van der Waals surface area (Å²) in [5.74, 6) is -11.2. The van der Waals surface area contributed by atoms with Gasteiger partial charge in [-0.1, -0.05) is 0 Å². The van der Waals surface area contributed by atoms with Crippen LogP contribution in [0.2, 0.25) is 0 Å². The molecule has 1 atom stereocenters. The summed E-state index contributed by atoms with van der Waals surface area (Å²) in [6.07, 6.45) is -0.721. The molecule has 128 valence electrons. The van der Waals surface area contributed by atoms with Crippen LogP contribution >= 0.6 is 0 Å². The van der Waals surface area contributed by atoms with Crippen molar-refractivity contribution in [1.82, 2.24) is 0 Å². The highest BCUT2D eigenvalue weighted by Crippen LogP contribution is 2.33. The van der Waals surface area contributed by atoms with Crippen molar-refractivity contribution < 1.29 is 37.1 Å². The van der Waals surface area contributed by atoms with Crippen LogP contribution in [0.25, 0.3) is 0 Å². The molecule has 1 aliphatic heterocycles. The summed E-state index contributed by atoms with van der Waals surface area (Å²) in [5.41, 5.74) is 0. The van der Waals surface area contributed by atoms with Crippen LogP contribution in [0.15, 0.2) is 11.9 Å². The Kier molecular flexibility index (Phi) is 6.37. The van der Waals surface area contributed by atoms with Crippen LogP contribution in [-0.4, -0.2) is 42.3 Å². The van der Waals surface area contributed by atoms with Gasteiger partial charge in [-0.2, -0.15) is 8.78 Å². The van der Waals surface area contributed by atoms with Crippen LogP contribution in [-0.2, 0) is 23.9 Å². The summed E-state index contributed by atoms with van der Waals surface area (Å²) in [7, 11) is 0. The first-order valence-corrected chi connectivity index (χ1v) is 6.92. The number of alkyl halides is 2. The van der Waals surface area contributed by atoms with E-state index in [4.69, 9.17) is 0 Å². The standard InChI is InChI=1S/C15H17F3O5/c1-8(19)3-11(21)14(12(22)4-9(2)20)10-5-13(16)15(17,18)7-23-6-10/h5,10,14H,3-4,6-7H2,1-2H3. The smallest absolute Gasteiger partial charge is 0.321 e. The molecule has 0 aromatic rings. The third kappa shape index (κ3) is 5.38. The van der Waals surface area contributed by atoms with E-state index in [1.165, 1.54) is 0 Å². The molecule has 0 saturated carbocycles. The first-order chi connectivity index (χ1) is 10.5. The number of carbonyl (C=O) groups excluding carboxylic acids is 4. The van der Waals surface area contributed by atoms with Crippen LogP contribution in [0.5, 0.6) is 0 Å². The molecule has 1 heterocycles. The van der Waals surface area contributed by atoms with Gasteiger partial charge >= 0.3 is 5.92 Å². The highest BCUT2D eigenvalue weighted by Gasteiger charge is 2.42. The largest absolute Gasteiger partial charge is 0.374 e. The van der Waals surface area contributed by atoms with Crippen molar-refractivity contribution in [2.75, 3.05) is 13.2 Å². The lowest BCUT2D eigenvalue weighted by molar-refractivity contribution is -0.137. The van der Waals surface area contributed by atoms with E-state index in [9.17, 15) is 32.3 Å². The van der Waals surface area contributed by atoms with Gasteiger partial charge in [0.25, 0.3) is 0 Å². The van der Waals surface area contributed by atoms with Gasteiger partial charge in [0.1, 0.15) is 18.2 Å². The van der Waals surface area contributed by atoms with Gasteiger partial charge in [-0.3, -0.25) is 19.2 Å². The minimum atomic E-state index is -3.84. The Morgan fingerprint density at radius 2 is 1.65 bits per heavy atom. The summed E-state index contributed by atoms with van der Waals surface area (Å²) in [5, 5.41) is 0. The molecule has 0 spiro atoms. The minimum absolute atomic E-state index is 0.480. The Hall–Kier alpha value is -1.83. The molecule has 1 aliphatic rings. The molecule has 0 N–H and O–H groups in total. The Balaban J connectivity index is 3.14. The van der Waals surface area contributed by atoms with E-state index in [1.54, 1.807) is 0 Å². The first-order valence-electron chi connectivity index (χ1n) is 6.92. The zero-order chi connectivity index (χ0) is 17.8. The van der Waals surface area contributed by atoms with E-state index in [0.717, 1.165) is 13.8 Å². The maximum Gasteiger partial charge on any atom is 0.321 e. The predicted octanol–water partition coefficient (Wildman–Crippen LogP) is 1.83. The minimum Gasteiger partial charge on any atom is -0.374 e. The van der Waals surface area contributed by atoms with Gasteiger partial charge < -0.3 is 4.74 Å². The topological polar surface area (TPSA) is 77.5 Å². The quantitative estimate of drug-likeness (QED) is 0.664. The van der Waals surface area contributed by atoms with Gasteiger partial charge in [0.15, 0.2) is 17.4 Å². The molecule has 8 heteroatoms. The maximum absolute atomic E-state index is 13.6. The molecule has 0 radical (unpaired) electrons. The van der Waals surface area contributed by atoms with Crippen molar-refractivity contribution in [3.05, 3.63) is 11.9 Å². The number of ketones is 4. The number of hydrogen-bond donors (Lipinski definition) is 0. The van der Waals surface area contributed by atoms with E-state index >= 15 is 0 Å². The van der Waals surface area contributed by atoms with Gasteiger partial charge in [-0.05, 0) is 19.9 Å². The monoisotopic (exact) mass is 334 g/mol. The van der Waals surface area contributed by atoms with E-state index < -0.39 is 72.8 Å². The highest BCUT2D eigenvalue weighted by atomic mass is 19.3. The third-order valence-electron chi connectivity index (χ3n) is 3.27. The molecule has 0 saturated heterocycles. The van der Waals surface area contributed by atoms with E-state index in [1.807, 2.05) is 0 Å². The summed E-state index contributed by atoms with van der Waals surface area (Å²) in [6.45, 7) is 0.554. The number of hydrogen-bond acceptors (Lipinski definition) is 5. The van der Waals surface area contributed by atoms with Gasteiger partial charge in [0.05, 0.1) is 25.4 Å². The van der Waals surface area contributed by atoms with E-state index in [2.05, 4.69) is 4.74 Å². The lowest BCUT2D eigenvalue weighted by atomic mass is 9.82. The maximum atomic E-state index is 13.6. The summed E-state index contributed by atoms with van der Waals surface area (Å²) >= 11 is 0. The molecule has 0 aromatic carbocycles. The fourth-order valence-electron chi connectivity index (χ4n) is 2.31. The fourth-order valence-corrected chi connectivity index (χ4v) is 2.31. The molecular weight excluding hydrogens is 317 g/mol. The summed E-state index contributed by atoms with van der Waals surface area (Å²) in [6, 6.07) is 0. The molecule has 1 unspecified atom stereocenters. The first kappa shape index (κ1) is 19.2. The second-order valence-corrected chi connectivity index (χ2v) is 5.57. The van der Waals surface area contributed by atoms with E-state index in [0.29, 0.717) is 6.08 Å². The molecule has 23 heavy (non-hydrogen) atoms. The van der Waals surface area contributed by atoms with Gasteiger partial charge in [-0.25, -0.2) is 4.39 Å². The third-order valence-corrected chi connectivity index (χ3v) is 3.27. The van der Waals surface area contributed by atoms with Crippen LogP contribution in [0.1, 0.15) is 26.7 Å². The molecule has 0 aliphatic carbocycles. The van der Waals surface area contributed by atoms with Crippen molar-refractivity contribution in [3.8, 4) is 0 Å². The molecular formula is C15H17F3O5. The highest BCUT2D eigenvalue weighted by molar-refractivity contribution is 6.13. The zero-order valence-electron chi connectivity index (χ0n) is 12.7. The number of rotatable bonds is 7. The van der Waals surface area contributed by atoms with Crippen molar-refractivity contribution >= 4 is 23.1 Å². The van der Waals surface area contributed by atoms with Crippen LogP contribution in [0.4, 0.5) is 13.2 Å².